The molecule has 0 saturated carbocycles. The van der Waals surface area contributed by atoms with Gasteiger partial charge >= 0.3 is 0 Å². The first-order valence-electron chi connectivity index (χ1n) is 17.9. The molecule has 0 aliphatic carbocycles. The molecule has 5 aromatic carbocycles. The van der Waals surface area contributed by atoms with Gasteiger partial charge in [-0.2, -0.15) is 0 Å². The summed E-state index contributed by atoms with van der Waals surface area (Å²) in [5.74, 6) is 0. The number of aromatic nitrogens is 5. The lowest BCUT2D eigenvalue weighted by atomic mass is 9.96. The van der Waals surface area contributed by atoms with Gasteiger partial charge in [-0.1, -0.05) is 152 Å². The summed E-state index contributed by atoms with van der Waals surface area (Å²) in [4.78, 5) is 25.1. The highest BCUT2D eigenvalue weighted by atomic mass is 14.9. The first-order valence-corrected chi connectivity index (χ1v) is 17.9. The summed E-state index contributed by atoms with van der Waals surface area (Å²) in [5, 5.41) is 0. The van der Waals surface area contributed by atoms with Crippen molar-refractivity contribution in [3.8, 4) is 90.1 Å². The highest BCUT2D eigenvalue weighted by molar-refractivity contribution is 5.87. The van der Waals surface area contributed by atoms with Gasteiger partial charge in [-0.05, 0) is 58.7 Å². The second kappa shape index (κ2) is 14.7. The van der Waals surface area contributed by atoms with Crippen molar-refractivity contribution in [1.29, 1.82) is 0 Å². The van der Waals surface area contributed by atoms with Crippen LogP contribution >= 0.6 is 0 Å². The minimum Gasteiger partial charge on any atom is -0.255 e. The Morgan fingerprint density at radius 3 is 0.926 bits per heavy atom. The summed E-state index contributed by atoms with van der Waals surface area (Å²) in [6.07, 6.45) is 3.58. The molecule has 0 fully saturated rings. The second-order valence-electron chi connectivity index (χ2n) is 12.9. The molecule has 0 aliphatic rings. The zero-order valence-corrected chi connectivity index (χ0v) is 29.3. The van der Waals surface area contributed by atoms with Gasteiger partial charge in [0.1, 0.15) is 0 Å². The molecular weight excluding hydrogens is 659 g/mol. The van der Waals surface area contributed by atoms with E-state index >= 15 is 0 Å². The molecule has 0 saturated heterocycles. The van der Waals surface area contributed by atoms with Crippen LogP contribution in [0.1, 0.15) is 0 Å². The van der Waals surface area contributed by atoms with Gasteiger partial charge in [0.15, 0.2) is 0 Å². The maximum absolute atomic E-state index is 5.47. The van der Waals surface area contributed by atoms with Crippen molar-refractivity contribution in [3.63, 3.8) is 0 Å². The maximum atomic E-state index is 5.47. The summed E-state index contributed by atoms with van der Waals surface area (Å²) in [6, 6.07) is 64.2. The number of hydrogen-bond donors (Lipinski definition) is 0. The van der Waals surface area contributed by atoms with E-state index in [-0.39, 0.29) is 0 Å². The van der Waals surface area contributed by atoms with Crippen LogP contribution in [0.3, 0.4) is 0 Å². The SMILES string of the molecule is c1ccc(-c2ccc(-c3nc(-c4ccccc4)c(-c4ccccc4)nc3-c3ccc(-c4cc(-c5ccccn5)nc(-c5ccccn5)c4)cc3)cc2)cc1. The summed E-state index contributed by atoms with van der Waals surface area (Å²) >= 11 is 0. The van der Waals surface area contributed by atoms with Gasteiger partial charge in [0.2, 0.25) is 0 Å². The highest BCUT2D eigenvalue weighted by Crippen LogP contribution is 2.39. The zero-order valence-electron chi connectivity index (χ0n) is 29.3. The van der Waals surface area contributed by atoms with Crippen molar-refractivity contribution in [1.82, 2.24) is 24.9 Å². The molecule has 9 rings (SSSR count). The summed E-state index contributed by atoms with van der Waals surface area (Å²) in [6.45, 7) is 0. The molecule has 0 unspecified atom stereocenters. The number of pyridine rings is 3. The number of nitrogens with zero attached hydrogens (tertiary/aromatic N) is 5. The van der Waals surface area contributed by atoms with E-state index in [2.05, 4.69) is 119 Å². The van der Waals surface area contributed by atoms with E-state index < -0.39 is 0 Å². The average molecular weight is 692 g/mol. The molecule has 254 valence electrons. The molecule has 0 radical (unpaired) electrons. The van der Waals surface area contributed by atoms with Crippen LogP contribution in [0, 0.1) is 0 Å². The Kier molecular flexibility index (Phi) is 8.86. The summed E-state index contributed by atoms with van der Waals surface area (Å²) in [7, 11) is 0. The Labute approximate surface area is 314 Å². The third kappa shape index (κ3) is 6.70. The van der Waals surface area contributed by atoms with E-state index in [1.54, 1.807) is 12.4 Å². The van der Waals surface area contributed by atoms with Gasteiger partial charge in [-0.25, -0.2) is 15.0 Å². The topological polar surface area (TPSA) is 64.5 Å². The minimum absolute atomic E-state index is 0.786. The fourth-order valence-electron chi connectivity index (χ4n) is 6.69. The number of benzene rings is 5. The average Bonchev–Trinajstić information content (AvgIpc) is 3.27. The zero-order chi connectivity index (χ0) is 36.1. The van der Waals surface area contributed by atoms with Gasteiger partial charge in [0.05, 0.1) is 45.6 Å². The Morgan fingerprint density at radius 2 is 0.537 bits per heavy atom. The molecule has 9 aromatic rings. The Hall–Kier alpha value is -7.37. The van der Waals surface area contributed by atoms with Crippen molar-refractivity contribution < 1.29 is 0 Å². The molecule has 4 heterocycles. The Balaban J connectivity index is 1.19. The van der Waals surface area contributed by atoms with Gasteiger partial charge in [0.25, 0.3) is 0 Å². The molecule has 4 aromatic heterocycles. The van der Waals surface area contributed by atoms with Crippen LogP contribution in [-0.2, 0) is 0 Å². The molecule has 0 amide bonds. The Morgan fingerprint density at radius 1 is 0.222 bits per heavy atom. The van der Waals surface area contributed by atoms with Crippen LogP contribution in [0.15, 0.2) is 200 Å². The molecule has 0 bridgehead atoms. The molecule has 5 nitrogen and oxygen atoms in total. The van der Waals surface area contributed by atoms with Crippen molar-refractivity contribution in [2.24, 2.45) is 0 Å². The molecule has 0 atom stereocenters. The lowest BCUT2D eigenvalue weighted by Crippen LogP contribution is -2.01. The van der Waals surface area contributed by atoms with E-state index in [9.17, 15) is 0 Å². The summed E-state index contributed by atoms with van der Waals surface area (Å²) in [5.41, 5.74) is 14.8. The monoisotopic (exact) mass is 691 g/mol. The van der Waals surface area contributed by atoms with E-state index in [0.29, 0.717) is 0 Å². The van der Waals surface area contributed by atoms with E-state index in [1.807, 2.05) is 78.9 Å². The van der Waals surface area contributed by atoms with Gasteiger partial charge in [-0.3, -0.25) is 9.97 Å². The van der Waals surface area contributed by atoms with Crippen LogP contribution in [0.5, 0.6) is 0 Å². The molecule has 0 N–H and O–H groups in total. The van der Waals surface area contributed by atoms with Crippen molar-refractivity contribution in [2.75, 3.05) is 0 Å². The van der Waals surface area contributed by atoms with Crippen LogP contribution < -0.4 is 0 Å². The molecular formula is C49H33N5. The fraction of sp³-hybridized carbons (Fsp3) is 0. The maximum Gasteiger partial charge on any atom is 0.0973 e. The normalized spacial score (nSPS) is 11.0. The minimum atomic E-state index is 0.786. The highest BCUT2D eigenvalue weighted by Gasteiger charge is 2.20. The largest absolute Gasteiger partial charge is 0.255 e. The third-order valence-corrected chi connectivity index (χ3v) is 9.43. The summed E-state index contributed by atoms with van der Waals surface area (Å²) < 4.78 is 0. The van der Waals surface area contributed by atoms with Gasteiger partial charge < -0.3 is 0 Å². The van der Waals surface area contributed by atoms with Crippen molar-refractivity contribution in [2.45, 2.75) is 0 Å². The Bertz CT molecular complexity index is 2590. The first-order chi connectivity index (χ1) is 26.8. The standard InChI is InChI=1S/C49H33N5/c1-4-14-34(15-5-1)35-22-26-39(27-23-35)48-49(54-47(38-18-8-3-9-19-38)46(53-48)37-16-6-2-7-17-37)40-28-24-36(25-29-40)41-32-44(42-20-10-12-30-50-42)52-45(33-41)43-21-11-13-31-51-43/h1-33H. The molecule has 54 heavy (non-hydrogen) atoms. The first kappa shape index (κ1) is 32.5. The van der Waals surface area contributed by atoms with Crippen LogP contribution in [0.25, 0.3) is 90.1 Å². The third-order valence-electron chi connectivity index (χ3n) is 9.43. The van der Waals surface area contributed by atoms with Gasteiger partial charge in [0, 0.05) is 34.6 Å². The molecule has 0 spiro atoms. The van der Waals surface area contributed by atoms with Crippen LogP contribution in [0.4, 0.5) is 0 Å². The number of hydrogen-bond acceptors (Lipinski definition) is 5. The van der Waals surface area contributed by atoms with E-state index in [1.165, 1.54) is 5.56 Å². The van der Waals surface area contributed by atoms with Crippen LogP contribution in [0.2, 0.25) is 0 Å². The fourth-order valence-corrected chi connectivity index (χ4v) is 6.69. The predicted octanol–water partition coefficient (Wildman–Crippen LogP) is 12.0. The van der Waals surface area contributed by atoms with Crippen molar-refractivity contribution >= 4 is 0 Å². The van der Waals surface area contributed by atoms with Crippen molar-refractivity contribution in [3.05, 3.63) is 200 Å². The van der Waals surface area contributed by atoms with E-state index in [4.69, 9.17) is 15.0 Å². The second-order valence-corrected chi connectivity index (χ2v) is 12.9. The quantitative estimate of drug-likeness (QED) is 0.159. The number of rotatable bonds is 8. The van der Waals surface area contributed by atoms with Gasteiger partial charge in [-0.15, -0.1) is 0 Å². The smallest absolute Gasteiger partial charge is 0.0973 e. The lowest BCUT2D eigenvalue weighted by molar-refractivity contribution is 1.21. The molecule has 5 heteroatoms. The lowest BCUT2D eigenvalue weighted by Gasteiger charge is -2.16. The van der Waals surface area contributed by atoms with Crippen LogP contribution in [-0.4, -0.2) is 24.9 Å². The predicted molar refractivity (Wildman–Crippen MR) is 219 cm³/mol. The van der Waals surface area contributed by atoms with E-state index in [0.717, 1.165) is 84.5 Å². The molecule has 0 aliphatic heterocycles.